The van der Waals surface area contributed by atoms with Gasteiger partial charge in [0.15, 0.2) is 9.84 Å². The third kappa shape index (κ3) is 2.76. The Kier molecular flexibility index (Phi) is 3.52. The van der Waals surface area contributed by atoms with Gasteiger partial charge in [0.1, 0.15) is 0 Å². The molecule has 0 bridgehead atoms. The van der Waals surface area contributed by atoms with Crippen LogP contribution in [0.5, 0.6) is 0 Å². The normalized spacial score (nSPS) is 18.6. The fourth-order valence-electron chi connectivity index (χ4n) is 2.63. The van der Waals surface area contributed by atoms with Crippen LogP contribution in [-0.2, 0) is 16.9 Å². The van der Waals surface area contributed by atoms with E-state index in [0.29, 0.717) is 4.90 Å². The lowest BCUT2D eigenvalue weighted by Gasteiger charge is -2.16. The third-order valence-corrected chi connectivity index (χ3v) is 4.97. The third-order valence-electron chi connectivity index (χ3n) is 3.84. The molecule has 2 heterocycles. The molecule has 0 amide bonds. The topological polar surface area (TPSA) is 67.6 Å². The van der Waals surface area contributed by atoms with Crippen LogP contribution in [0.2, 0.25) is 0 Å². The molecule has 3 rings (SSSR count). The second kappa shape index (κ2) is 5.24. The standard InChI is InChI=1S/C15H18N4O2S/c1-18-10-12(9-16-18)15-8-14(17-19(15)2)11-4-6-13(7-5-11)22(3,20)21/h4-7,9-10,15H,8H2,1-3H3. The van der Waals surface area contributed by atoms with Crippen molar-refractivity contribution in [1.82, 2.24) is 14.8 Å². The van der Waals surface area contributed by atoms with E-state index in [9.17, 15) is 8.42 Å². The van der Waals surface area contributed by atoms with Gasteiger partial charge in [0, 0.05) is 38.5 Å². The summed E-state index contributed by atoms with van der Waals surface area (Å²) in [5.41, 5.74) is 3.03. The van der Waals surface area contributed by atoms with Crippen LogP contribution in [0.4, 0.5) is 0 Å². The van der Waals surface area contributed by atoms with Gasteiger partial charge < -0.3 is 0 Å². The van der Waals surface area contributed by atoms with E-state index >= 15 is 0 Å². The molecule has 1 aromatic heterocycles. The largest absolute Gasteiger partial charge is 0.292 e. The summed E-state index contributed by atoms with van der Waals surface area (Å²) in [5.74, 6) is 0. The maximum atomic E-state index is 11.5. The molecule has 1 aliphatic heterocycles. The highest BCUT2D eigenvalue weighted by Gasteiger charge is 2.27. The summed E-state index contributed by atoms with van der Waals surface area (Å²) in [6.07, 6.45) is 5.83. The van der Waals surface area contributed by atoms with Gasteiger partial charge in [-0.2, -0.15) is 10.2 Å². The predicted octanol–water partition coefficient (Wildman–Crippen LogP) is 1.60. The Morgan fingerprint density at radius 3 is 2.41 bits per heavy atom. The lowest BCUT2D eigenvalue weighted by Crippen LogP contribution is -2.13. The van der Waals surface area contributed by atoms with Crippen molar-refractivity contribution in [3.8, 4) is 0 Å². The lowest BCUT2D eigenvalue weighted by atomic mass is 10.0. The van der Waals surface area contributed by atoms with Crippen molar-refractivity contribution in [2.24, 2.45) is 12.1 Å². The quantitative estimate of drug-likeness (QED) is 0.862. The summed E-state index contributed by atoms with van der Waals surface area (Å²) in [4.78, 5) is 0.326. The summed E-state index contributed by atoms with van der Waals surface area (Å²) in [6, 6.07) is 7.05. The summed E-state index contributed by atoms with van der Waals surface area (Å²) in [5, 5.41) is 10.7. The van der Waals surface area contributed by atoms with Gasteiger partial charge in [-0.1, -0.05) is 12.1 Å². The van der Waals surface area contributed by atoms with Crippen molar-refractivity contribution in [3.05, 3.63) is 47.8 Å². The van der Waals surface area contributed by atoms with Crippen LogP contribution < -0.4 is 0 Å². The molecule has 1 aromatic carbocycles. The number of rotatable bonds is 3. The molecule has 0 radical (unpaired) electrons. The van der Waals surface area contributed by atoms with Crippen LogP contribution >= 0.6 is 0 Å². The lowest BCUT2D eigenvalue weighted by molar-refractivity contribution is 0.290. The highest BCUT2D eigenvalue weighted by Crippen LogP contribution is 2.31. The van der Waals surface area contributed by atoms with Gasteiger partial charge in [-0.15, -0.1) is 0 Å². The van der Waals surface area contributed by atoms with Crippen molar-refractivity contribution in [2.75, 3.05) is 13.3 Å². The molecule has 6 nitrogen and oxygen atoms in total. The number of benzene rings is 1. The van der Waals surface area contributed by atoms with Gasteiger partial charge in [-0.3, -0.25) is 9.69 Å². The van der Waals surface area contributed by atoms with Crippen molar-refractivity contribution in [1.29, 1.82) is 0 Å². The number of hydrazone groups is 1. The molecular weight excluding hydrogens is 300 g/mol. The van der Waals surface area contributed by atoms with Crippen molar-refractivity contribution in [3.63, 3.8) is 0 Å². The molecule has 0 N–H and O–H groups in total. The fourth-order valence-corrected chi connectivity index (χ4v) is 3.26. The zero-order valence-corrected chi connectivity index (χ0v) is 13.6. The van der Waals surface area contributed by atoms with Crippen molar-refractivity contribution < 1.29 is 8.42 Å². The van der Waals surface area contributed by atoms with Crippen LogP contribution in [0, 0.1) is 0 Å². The van der Waals surface area contributed by atoms with Crippen LogP contribution in [-0.4, -0.2) is 42.2 Å². The van der Waals surface area contributed by atoms with Gasteiger partial charge in [0.05, 0.1) is 22.8 Å². The van der Waals surface area contributed by atoms with E-state index in [0.717, 1.165) is 23.3 Å². The molecule has 1 unspecified atom stereocenters. The molecule has 2 aromatic rings. The van der Waals surface area contributed by atoms with E-state index in [2.05, 4.69) is 10.2 Å². The molecule has 0 spiro atoms. The second-order valence-electron chi connectivity index (χ2n) is 5.58. The van der Waals surface area contributed by atoms with Gasteiger partial charge >= 0.3 is 0 Å². The second-order valence-corrected chi connectivity index (χ2v) is 7.60. The average Bonchev–Trinajstić information content (AvgIpc) is 3.04. The molecule has 0 aliphatic carbocycles. The molecule has 1 aliphatic rings. The minimum Gasteiger partial charge on any atom is -0.292 e. The minimum atomic E-state index is -3.17. The van der Waals surface area contributed by atoms with E-state index in [1.54, 1.807) is 16.8 Å². The Balaban J connectivity index is 1.83. The first-order valence-corrected chi connectivity index (χ1v) is 8.83. The summed E-state index contributed by atoms with van der Waals surface area (Å²) in [7, 11) is 0.667. The highest BCUT2D eigenvalue weighted by molar-refractivity contribution is 7.90. The maximum absolute atomic E-state index is 11.5. The molecular formula is C15H18N4O2S. The SMILES string of the molecule is CN1N=C(c2ccc(S(C)(=O)=O)cc2)CC1c1cnn(C)c1. The van der Waals surface area contributed by atoms with E-state index in [-0.39, 0.29) is 6.04 Å². The zero-order valence-electron chi connectivity index (χ0n) is 12.8. The average molecular weight is 318 g/mol. The number of aromatic nitrogens is 2. The van der Waals surface area contributed by atoms with Gasteiger partial charge in [0.25, 0.3) is 0 Å². The van der Waals surface area contributed by atoms with Gasteiger partial charge in [0.2, 0.25) is 0 Å². The first kappa shape index (κ1) is 14.8. The highest BCUT2D eigenvalue weighted by atomic mass is 32.2. The number of sulfone groups is 1. The number of hydrogen-bond donors (Lipinski definition) is 0. The van der Waals surface area contributed by atoms with E-state index < -0.39 is 9.84 Å². The van der Waals surface area contributed by atoms with Gasteiger partial charge in [-0.25, -0.2) is 8.42 Å². The maximum Gasteiger partial charge on any atom is 0.175 e. The Morgan fingerprint density at radius 2 is 1.86 bits per heavy atom. The summed E-state index contributed by atoms with van der Waals surface area (Å²) in [6.45, 7) is 0. The molecule has 7 heteroatoms. The van der Waals surface area contributed by atoms with Crippen LogP contribution in [0.15, 0.2) is 46.7 Å². The molecule has 0 saturated carbocycles. The monoisotopic (exact) mass is 318 g/mol. The number of aryl methyl sites for hydroxylation is 1. The van der Waals surface area contributed by atoms with Crippen molar-refractivity contribution in [2.45, 2.75) is 17.4 Å². The molecule has 22 heavy (non-hydrogen) atoms. The van der Waals surface area contributed by atoms with E-state index in [1.807, 2.05) is 43.6 Å². The van der Waals surface area contributed by atoms with Gasteiger partial charge in [-0.05, 0) is 17.7 Å². The number of hydrogen-bond acceptors (Lipinski definition) is 5. The first-order valence-electron chi connectivity index (χ1n) is 6.94. The Hall–Kier alpha value is -2.15. The Morgan fingerprint density at radius 1 is 1.18 bits per heavy atom. The summed E-state index contributed by atoms with van der Waals surface area (Å²) < 4.78 is 24.8. The first-order chi connectivity index (χ1) is 10.3. The number of nitrogens with zero attached hydrogens (tertiary/aromatic N) is 4. The zero-order chi connectivity index (χ0) is 15.9. The van der Waals surface area contributed by atoms with Crippen LogP contribution in [0.1, 0.15) is 23.6 Å². The molecule has 1 atom stereocenters. The summed E-state index contributed by atoms with van der Waals surface area (Å²) >= 11 is 0. The molecule has 0 saturated heterocycles. The van der Waals surface area contributed by atoms with E-state index in [1.165, 1.54) is 6.26 Å². The van der Waals surface area contributed by atoms with Crippen molar-refractivity contribution >= 4 is 15.5 Å². The molecule has 0 fully saturated rings. The molecule has 116 valence electrons. The van der Waals surface area contributed by atoms with Crippen LogP contribution in [0.3, 0.4) is 0 Å². The minimum absolute atomic E-state index is 0.165. The Labute approximate surface area is 130 Å². The van der Waals surface area contributed by atoms with Crippen LogP contribution in [0.25, 0.3) is 0 Å². The smallest absolute Gasteiger partial charge is 0.175 e. The van der Waals surface area contributed by atoms with E-state index in [4.69, 9.17) is 0 Å². The predicted molar refractivity (Wildman–Crippen MR) is 84.4 cm³/mol. The Bertz CT molecular complexity index is 821. The fraction of sp³-hybridized carbons (Fsp3) is 0.333.